The van der Waals surface area contributed by atoms with Crippen LogP contribution in [0.15, 0.2) is 18.3 Å². The highest BCUT2D eigenvalue weighted by molar-refractivity contribution is 7.80. The smallest absolute Gasteiger partial charge is 0.138 e. The van der Waals surface area contributed by atoms with Gasteiger partial charge in [-0.1, -0.05) is 19.1 Å². The summed E-state index contributed by atoms with van der Waals surface area (Å²) >= 11 is 4.79. The molecule has 1 atom stereocenters. The van der Waals surface area contributed by atoms with Crippen LogP contribution < -0.4 is 10.5 Å². The van der Waals surface area contributed by atoms with E-state index in [0.717, 1.165) is 12.2 Å². The SMILES string of the molecule is CCC(C)Oc1ccc(C(N)=S)nc1. The van der Waals surface area contributed by atoms with Crippen molar-refractivity contribution < 1.29 is 4.74 Å². The fourth-order valence-corrected chi connectivity index (χ4v) is 1.03. The monoisotopic (exact) mass is 210 g/mol. The van der Waals surface area contributed by atoms with E-state index in [1.54, 1.807) is 12.3 Å². The van der Waals surface area contributed by atoms with Crippen molar-refractivity contribution in [2.24, 2.45) is 5.73 Å². The summed E-state index contributed by atoms with van der Waals surface area (Å²) < 4.78 is 5.55. The number of nitrogens with two attached hydrogens (primary N) is 1. The number of nitrogens with zero attached hydrogens (tertiary/aromatic N) is 1. The molecule has 3 nitrogen and oxygen atoms in total. The second kappa shape index (κ2) is 4.91. The second-order valence-electron chi connectivity index (χ2n) is 3.08. The lowest BCUT2D eigenvalue weighted by Crippen LogP contribution is -2.13. The Hall–Kier alpha value is -1.16. The summed E-state index contributed by atoms with van der Waals surface area (Å²) in [6, 6.07) is 3.59. The normalized spacial score (nSPS) is 12.1. The van der Waals surface area contributed by atoms with E-state index in [0.29, 0.717) is 10.7 Å². The van der Waals surface area contributed by atoms with Gasteiger partial charge in [0.2, 0.25) is 0 Å². The van der Waals surface area contributed by atoms with Gasteiger partial charge >= 0.3 is 0 Å². The number of thiocarbonyl (C=S) groups is 1. The first-order valence-corrected chi connectivity index (χ1v) is 4.96. The first kappa shape index (κ1) is 10.9. The average molecular weight is 210 g/mol. The minimum absolute atomic E-state index is 0.201. The lowest BCUT2D eigenvalue weighted by Gasteiger charge is -2.11. The Bertz CT molecular complexity index is 310. The maximum Gasteiger partial charge on any atom is 0.138 e. The summed E-state index contributed by atoms with van der Waals surface area (Å²) in [4.78, 5) is 4.38. The summed E-state index contributed by atoms with van der Waals surface area (Å²) in [5.41, 5.74) is 6.04. The molecule has 4 heteroatoms. The third-order valence-corrected chi connectivity index (χ3v) is 2.11. The Labute approximate surface area is 89.3 Å². The van der Waals surface area contributed by atoms with Crippen molar-refractivity contribution in [3.63, 3.8) is 0 Å². The Kier molecular flexibility index (Phi) is 3.83. The summed E-state index contributed by atoms with van der Waals surface area (Å²) in [5, 5.41) is 0. The van der Waals surface area contributed by atoms with Gasteiger partial charge in [0.25, 0.3) is 0 Å². The van der Waals surface area contributed by atoms with Crippen LogP contribution in [-0.2, 0) is 0 Å². The largest absolute Gasteiger partial charge is 0.489 e. The van der Waals surface area contributed by atoms with Crippen LogP contribution in [-0.4, -0.2) is 16.1 Å². The van der Waals surface area contributed by atoms with Crippen LogP contribution in [0.2, 0.25) is 0 Å². The van der Waals surface area contributed by atoms with Crippen LogP contribution in [0.25, 0.3) is 0 Å². The number of hydrogen-bond donors (Lipinski definition) is 1. The Morgan fingerprint density at radius 1 is 1.64 bits per heavy atom. The van der Waals surface area contributed by atoms with Gasteiger partial charge in [-0.2, -0.15) is 0 Å². The molecule has 0 radical (unpaired) electrons. The minimum Gasteiger partial charge on any atom is -0.489 e. The molecule has 1 aromatic heterocycles. The molecule has 0 amide bonds. The van der Waals surface area contributed by atoms with Crippen molar-refractivity contribution in [1.29, 1.82) is 0 Å². The van der Waals surface area contributed by atoms with E-state index in [1.165, 1.54) is 0 Å². The maximum atomic E-state index is 5.55. The van der Waals surface area contributed by atoms with E-state index in [4.69, 9.17) is 22.7 Å². The van der Waals surface area contributed by atoms with Crippen LogP contribution in [0.5, 0.6) is 5.75 Å². The lowest BCUT2D eigenvalue weighted by molar-refractivity contribution is 0.216. The van der Waals surface area contributed by atoms with Gasteiger partial charge in [-0.05, 0) is 25.5 Å². The summed E-state index contributed by atoms with van der Waals surface area (Å²) in [7, 11) is 0. The van der Waals surface area contributed by atoms with Gasteiger partial charge in [0.05, 0.1) is 18.0 Å². The number of aromatic nitrogens is 1. The van der Waals surface area contributed by atoms with Crippen molar-refractivity contribution in [3.8, 4) is 5.75 Å². The predicted molar refractivity (Wildman–Crippen MR) is 60.5 cm³/mol. The van der Waals surface area contributed by atoms with E-state index < -0.39 is 0 Å². The van der Waals surface area contributed by atoms with Crippen LogP contribution in [0, 0.1) is 0 Å². The fourth-order valence-electron chi connectivity index (χ4n) is 0.911. The molecule has 0 saturated carbocycles. The van der Waals surface area contributed by atoms with Gasteiger partial charge in [0, 0.05) is 0 Å². The Morgan fingerprint density at radius 2 is 2.36 bits per heavy atom. The minimum atomic E-state index is 0.201. The van der Waals surface area contributed by atoms with E-state index in [2.05, 4.69) is 11.9 Å². The van der Waals surface area contributed by atoms with Crippen LogP contribution in [0.4, 0.5) is 0 Å². The molecule has 2 N–H and O–H groups in total. The van der Waals surface area contributed by atoms with Gasteiger partial charge in [-0.3, -0.25) is 0 Å². The topological polar surface area (TPSA) is 48.1 Å². The van der Waals surface area contributed by atoms with Crippen molar-refractivity contribution in [3.05, 3.63) is 24.0 Å². The summed E-state index contributed by atoms with van der Waals surface area (Å²) in [6.07, 6.45) is 2.81. The molecule has 0 bridgehead atoms. The number of rotatable bonds is 4. The third kappa shape index (κ3) is 2.96. The number of ether oxygens (including phenoxy) is 1. The molecule has 1 heterocycles. The Morgan fingerprint density at radius 3 is 2.79 bits per heavy atom. The first-order chi connectivity index (χ1) is 6.63. The molecule has 0 aliphatic heterocycles. The molecule has 0 spiro atoms. The lowest BCUT2D eigenvalue weighted by atomic mass is 10.3. The predicted octanol–water partition coefficient (Wildman–Crippen LogP) is 1.89. The van der Waals surface area contributed by atoms with E-state index >= 15 is 0 Å². The highest BCUT2D eigenvalue weighted by Gasteiger charge is 2.02. The first-order valence-electron chi connectivity index (χ1n) is 4.56. The molecule has 76 valence electrons. The zero-order valence-corrected chi connectivity index (χ0v) is 9.17. The van der Waals surface area contributed by atoms with Crippen LogP contribution in [0.1, 0.15) is 26.0 Å². The fraction of sp³-hybridized carbons (Fsp3) is 0.400. The standard InChI is InChI=1S/C10H14N2OS/c1-3-7(2)13-8-4-5-9(10(11)14)12-6-8/h4-7H,3H2,1-2H3,(H2,11,14). The molecule has 0 fully saturated rings. The molecule has 1 unspecified atom stereocenters. The van der Waals surface area contributed by atoms with Crippen molar-refractivity contribution in [2.75, 3.05) is 0 Å². The molecule has 0 aliphatic rings. The van der Waals surface area contributed by atoms with Crippen molar-refractivity contribution >= 4 is 17.2 Å². The van der Waals surface area contributed by atoms with Gasteiger partial charge in [0.1, 0.15) is 10.7 Å². The van der Waals surface area contributed by atoms with Gasteiger partial charge in [-0.15, -0.1) is 0 Å². The van der Waals surface area contributed by atoms with E-state index in [-0.39, 0.29) is 6.10 Å². The molecule has 1 aromatic rings. The molecule has 0 aromatic carbocycles. The van der Waals surface area contributed by atoms with Gasteiger partial charge in [-0.25, -0.2) is 4.98 Å². The third-order valence-electron chi connectivity index (χ3n) is 1.90. The molecule has 0 aliphatic carbocycles. The zero-order valence-electron chi connectivity index (χ0n) is 8.36. The average Bonchev–Trinajstić information content (AvgIpc) is 2.18. The Balaban J connectivity index is 2.68. The highest BCUT2D eigenvalue weighted by atomic mass is 32.1. The maximum absolute atomic E-state index is 5.55. The quantitative estimate of drug-likeness (QED) is 0.771. The van der Waals surface area contributed by atoms with E-state index in [9.17, 15) is 0 Å². The molecule has 1 rings (SSSR count). The molecule has 0 saturated heterocycles. The molecular weight excluding hydrogens is 196 g/mol. The van der Waals surface area contributed by atoms with Crippen LogP contribution >= 0.6 is 12.2 Å². The van der Waals surface area contributed by atoms with Crippen LogP contribution in [0.3, 0.4) is 0 Å². The van der Waals surface area contributed by atoms with Gasteiger partial charge in [0.15, 0.2) is 0 Å². The molecular formula is C10H14N2OS. The molecule has 14 heavy (non-hydrogen) atoms. The second-order valence-corrected chi connectivity index (χ2v) is 3.52. The summed E-state index contributed by atoms with van der Waals surface area (Å²) in [6.45, 7) is 4.09. The van der Waals surface area contributed by atoms with E-state index in [1.807, 2.05) is 13.0 Å². The summed E-state index contributed by atoms with van der Waals surface area (Å²) in [5.74, 6) is 0.749. The number of pyridine rings is 1. The van der Waals surface area contributed by atoms with Crippen molar-refractivity contribution in [1.82, 2.24) is 4.98 Å². The van der Waals surface area contributed by atoms with Gasteiger partial charge < -0.3 is 10.5 Å². The number of hydrogen-bond acceptors (Lipinski definition) is 3. The zero-order chi connectivity index (χ0) is 10.6. The van der Waals surface area contributed by atoms with Crippen molar-refractivity contribution in [2.45, 2.75) is 26.4 Å². The highest BCUT2D eigenvalue weighted by Crippen LogP contribution is 2.12.